The first-order valence-electron chi connectivity index (χ1n) is 7.10. The number of hydrogen-bond donors (Lipinski definition) is 1. The van der Waals surface area contributed by atoms with Crippen molar-refractivity contribution < 1.29 is 4.84 Å². The first-order valence-corrected chi connectivity index (χ1v) is 7.90. The van der Waals surface area contributed by atoms with Crippen molar-refractivity contribution in [3.8, 4) is 0 Å². The van der Waals surface area contributed by atoms with Crippen LogP contribution in [0.15, 0.2) is 27.5 Å². The average Bonchev–Trinajstić information content (AvgIpc) is 2.43. The van der Waals surface area contributed by atoms with Crippen molar-refractivity contribution >= 4 is 32.8 Å². The lowest BCUT2D eigenvalue weighted by molar-refractivity contribution is 0.159. The molecule has 0 amide bonds. The van der Waals surface area contributed by atoms with Gasteiger partial charge in [-0.15, -0.1) is 0 Å². The van der Waals surface area contributed by atoms with Gasteiger partial charge in [0.05, 0.1) is 17.5 Å². The number of nitrogens with zero attached hydrogens (tertiary/aromatic N) is 2. The third-order valence-electron chi connectivity index (χ3n) is 2.94. The van der Waals surface area contributed by atoms with Gasteiger partial charge in [0.15, 0.2) is 0 Å². The van der Waals surface area contributed by atoms with Crippen molar-refractivity contribution in [3.63, 3.8) is 0 Å². The Bertz CT molecular complexity index is 682. The van der Waals surface area contributed by atoms with E-state index in [0.717, 1.165) is 10.9 Å². The van der Waals surface area contributed by atoms with Gasteiger partial charge in [0.2, 0.25) is 5.95 Å². The Balaban J connectivity index is 2.45. The zero-order chi connectivity index (χ0) is 15.4. The van der Waals surface area contributed by atoms with Crippen LogP contribution in [0.25, 0.3) is 10.9 Å². The molecule has 114 valence electrons. The molecule has 0 aliphatic carbocycles. The summed E-state index contributed by atoms with van der Waals surface area (Å²) >= 11 is 3.39. The zero-order valence-corrected chi connectivity index (χ0v) is 14.1. The van der Waals surface area contributed by atoms with Crippen molar-refractivity contribution in [3.05, 3.63) is 33.0 Å². The fraction of sp³-hybridized carbons (Fsp3) is 0.467. The largest absolute Gasteiger partial charge is 0.277 e. The van der Waals surface area contributed by atoms with Gasteiger partial charge < -0.3 is 0 Å². The molecule has 0 atom stereocenters. The molecule has 1 aromatic carbocycles. The molecule has 0 saturated carbocycles. The molecule has 0 saturated heterocycles. The van der Waals surface area contributed by atoms with Crippen LogP contribution in [0.1, 0.15) is 27.2 Å². The van der Waals surface area contributed by atoms with Crippen LogP contribution in [0.5, 0.6) is 0 Å². The minimum Gasteiger partial charge on any atom is -0.277 e. The van der Waals surface area contributed by atoms with Crippen molar-refractivity contribution in [2.75, 3.05) is 12.1 Å². The van der Waals surface area contributed by atoms with E-state index in [1.807, 2.05) is 19.1 Å². The Morgan fingerprint density at radius 2 is 2.19 bits per heavy atom. The fourth-order valence-corrected chi connectivity index (χ4v) is 2.34. The van der Waals surface area contributed by atoms with Crippen LogP contribution in [0.2, 0.25) is 0 Å². The molecule has 0 radical (unpaired) electrons. The van der Waals surface area contributed by atoms with E-state index >= 15 is 0 Å². The van der Waals surface area contributed by atoms with Gasteiger partial charge in [-0.3, -0.25) is 14.2 Å². The maximum Gasteiger partial charge on any atom is 0.262 e. The summed E-state index contributed by atoms with van der Waals surface area (Å²) in [5, 5.41) is 0.604. The van der Waals surface area contributed by atoms with Crippen LogP contribution in [-0.2, 0) is 11.4 Å². The summed E-state index contributed by atoms with van der Waals surface area (Å²) in [6.07, 6.45) is 0.847. The highest BCUT2D eigenvalue weighted by molar-refractivity contribution is 9.10. The Kier molecular flexibility index (Phi) is 5.36. The van der Waals surface area contributed by atoms with E-state index < -0.39 is 0 Å². The SMILES string of the molecule is CCCn1c(NOCC(C)C)nc2ccc(Br)cc2c1=O. The van der Waals surface area contributed by atoms with E-state index in [-0.39, 0.29) is 5.56 Å². The molecule has 0 aliphatic heterocycles. The summed E-state index contributed by atoms with van der Waals surface area (Å²) in [7, 11) is 0. The summed E-state index contributed by atoms with van der Waals surface area (Å²) in [4.78, 5) is 22.5. The standard InChI is InChI=1S/C15H20BrN3O2/c1-4-7-19-14(20)12-8-11(16)5-6-13(12)17-15(19)18-21-9-10(2)3/h5-6,8,10H,4,7,9H2,1-3H3,(H,17,18). The fourth-order valence-electron chi connectivity index (χ4n) is 1.97. The number of benzene rings is 1. The summed E-state index contributed by atoms with van der Waals surface area (Å²) in [6.45, 7) is 7.30. The van der Waals surface area contributed by atoms with E-state index in [0.29, 0.717) is 35.9 Å². The molecule has 0 fully saturated rings. The predicted octanol–water partition coefficient (Wildman–Crippen LogP) is 3.57. The zero-order valence-electron chi connectivity index (χ0n) is 12.5. The lowest BCUT2D eigenvalue weighted by Gasteiger charge is -2.14. The Hall–Kier alpha value is -1.40. The Labute approximate surface area is 132 Å². The van der Waals surface area contributed by atoms with Gasteiger partial charge in [-0.25, -0.2) is 10.5 Å². The quantitative estimate of drug-likeness (QED) is 0.806. The lowest BCUT2D eigenvalue weighted by Crippen LogP contribution is -2.25. The number of nitrogens with one attached hydrogen (secondary N) is 1. The van der Waals surface area contributed by atoms with E-state index in [4.69, 9.17) is 4.84 Å². The molecular weight excluding hydrogens is 334 g/mol. The predicted molar refractivity (Wildman–Crippen MR) is 88.4 cm³/mol. The maximum atomic E-state index is 12.6. The third kappa shape index (κ3) is 3.83. The highest BCUT2D eigenvalue weighted by Crippen LogP contribution is 2.17. The lowest BCUT2D eigenvalue weighted by atomic mass is 10.2. The summed E-state index contributed by atoms with van der Waals surface area (Å²) in [5.41, 5.74) is 3.42. The number of rotatable bonds is 6. The van der Waals surface area contributed by atoms with E-state index in [1.165, 1.54) is 0 Å². The van der Waals surface area contributed by atoms with Crippen LogP contribution < -0.4 is 11.0 Å². The van der Waals surface area contributed by atoms with Gasteiger partial charge in [-0.1, -0.05) is 36.7 Å². The van der Waals surface area contributed by atoms with Crippen molar-refractivity contribution in [1.82, 2.24) is 9.55 Å². The molecular formula is C15H20BrN3O2. The molecule has 0 aliphatic rings. The second kappa shape index (κ2) is 7.04. The average molecular weight is 354 g/mol. The molecule has 21 heavy (non-hydrogen) atoms. The van der Waals surface area contributed by atoms with Gasteiger partial charge in [0.25, 0.3) is 5.56 Å². The monoisotopic (exact) mass is 353 g/mol. The normalized spacial score (nSPS) is 11.3. The highest BCUT2D eigenvalue weighted by Gasteiger charge is 2.11. The van der Waals surface area contributed by atoms with E-state index in [2.05, 4.69) is 40.2 Å². The summed E-state index contributed by atoms with van der Waals surface area (Å²) < 4.78 is 2.49. The Morgan fingerprint density at radius 3 is 2.86 bits per heavy atom. The molecule has 6 heteroatoms. The number of hydrogen-bond acceptors (Lipinski definition) is 4. The second-order valence-corrected chi connectivity index (χ2v) is 6.28. The topological polar surface area (TPSA) is 56.1 Å². The van der Waals surface area contributed by atoms with Gasteiger partial charge in [0.1, 0.15) is 0 Å². The van der Waals surface area contributed by atoms with Crippen LogP contribution in [0, 0.1) is 5.92 Å². The smallest absolute Gasteiger partial charge is 0.262 e. The van der Waals surface area contributed by atoms with Gasteiger partial charge >= 0.3 is 0 Å². The number of fused-ring (bicyclic) bond motifs is 1. The molecule has 5 nitrogen and oxygen atoms in total. The maximum absolute atomic E-state index is 12.6. The minimum atomic E-state index is -0.0567. The van der Waals surface area contributed by atoms with Gasteiger partial charge in [-0.05, 0) is 30.5 Å². The van der Waals surface area contributed by atoms with Crippen molar-refractivity contribution in [2.45, 2.75) is 33.7 Å². The Morgan fingerprint density at radius 1 is 1.43 bits per heavy atom. The highest BCUT2D eigenvalue weighted by atomic mass is 79.9. The summed E-state index contributed by atoms with van der Waals surface area (Å²) in [6, 6.07) is 5.50. The van der Waals surface area contributed by atoms with E-state index in [1.54, 1.807) is 10.6 Å². The molecule has 0 unspecified atom stereocenters. The molecule has 0 spiro atoms. The second-order valence-electron chi connectivity index (χ2n) is 5.36. The molecule has 1 N–H and O–H groups in total. The van der Waals surface area contributed by atoms with Crippen LogP contribution in [0.4, 0.5) is 5.95 Å². The third-order valence-corrected chi connectivity index (χ3v) is 3.44. The van der Waals surface area contributed by atoms with Crippen LogP contribution in [-0.4, -0.2) is 16.2 Å². The molecule has 2 rings (SSSR count). The first-order chi connectivity index (χ1) is 10.0. The van der Waals surface area contributed by atoms with E-state index in [9.17, 15) is 4.79 Å². The number of aromatic nitrogens is 2. The molecule has 1 heterocycles. The first kappa shape index (κ1) is 16.0. The van der Waals surface area contributed by atoms with Gasteiger partial charge in [0, 0.05) is 11.0 Å². The summed E-state index contributed by atoms with van der Waals surface area (Å²) in [5.74, 6) is 0.859. The minimum absolute atomic E-state index is 0.0567. The van der Waals surface area contributed by atoms with Crippen molar-refractivity contribution in [2.24, 2.45) is 5.92 Å². The molecule has 2 aromatic rings. The van der Waals surface area contributed by atoms with Crippen molar-refractivity contribution in [1.29, 1.82) is 0 Å². The van der Waals surface area contributed by atoms with Crippen LogP contribution in [0.3, 0.4) is 0 Å². The number of halogens is 1. The number of anilines is 1. The van der Waals surface area contributed by atoms with Crippen LogP contribution >= 0.6 is 15.9 Å². The molecule has 1 aromatic heterocycles. The van der Waals surface area contributed by atoms with Gasteiger partial charge in [-0.2, -0.15) is 0 Å². The molecule has 0 bridgehead atoms.